The molecule has 1 atom stereocenters. The van der Waals surface area contributed by atoms with Crippen LogP contribution in [0.15, 0.2) is 0 Å². The molecule has 3 nitrogen and oxygen atoms in total. The maximum Gasteiger partial charge on any atom is 0.0587 e. The lowest BCUT2D eigenvalue weighted by atomic mass is 9.99. The molecule has 0 aromatic heterocycles. The summed E-state index contributed by atoms with van der Waals surface area (Å²) in [6, 6.07) is 0.289. The lowest BCUT2D eigenvalue weighted by Crippen LogP contribution is -2.39. The van der Waals surface area contributed by atoms with E-state index in [2.05, 4.69) is 5.32 Å². The normalized spacial score (nSPS) is 20.8. The molecule has 0 bridgehead atoms. The zero-order valence-corrected chi connectivity index (χ0v) is 8.46. The highest BCUT2D eigenvalue weighted by molar-refractivity contribution is 4.79. The molecule has 0 heterocycles. The average molecular weight is 187 g/mol. The Morgan fingerprint density at radius 3 is 2.69 bits per heavy atom. The lowest BCUT2D eigenvalue weighted by molar-refractivity contribution is 0.165. The SMILES string of the molecule is COCCNC(CO)C1CCCC1. The van der Waals surface area contributed by atoms with E-state index in [1.807, 2.05) is 0 Å². The van der Waals surface area contributed by atoms with Crippen molar-refractivity contribution < 1.29 is 9.84 Å². The van der Waals surface area contributed by atoms with Gasteiger partial charge < -0.3 is 15.2 Å². The topological polar surface area (TPSA) is 41.5 Å². The molecule has 0 aromatic rings. The summed E-state index contributed by atoms with van der Waals surface area (Å²) in [6.07, 6.45) is 5.19. The minimum Gasteiger partial charge on any atom is -0.395 e. The second-order valence-electron chi connectivity index (χ2n) is 3.78. The monoisotopic (exact) mass is 187 g/mol. The van der Waals surface area contributed by atoms with E-state index in [0.29, 0.717) is 5.92 Å². The highest BCUT2D eigenvalue weighted by Gasteiger charge is 2.23. The maximum absolute atomic E-state index is 9.18. The minimum atomic E-state index is 0.258. The fourth-order valence-electron chi connectivity index (χ4n) is 2.09. The van der Waals surface area contributed by atoms with E-state index in [1.54, 1.807) is 7.11 Å². The van der Waals surface area contributed by atoms with Gasteiger partial charge in [0.25, 0.3) is 0 Å². The Bertz CT molecular complexity index is 124. The molecule has 1 saturated carbocycles. The van der Waals surface area contributed by atoms with Crippen LogP contribution < -0.4 is 5.32 Å². The molecule has 0 aliphatic heterocycles. The maximum atomic E-state index is 9.18. The Hall–Kier alpha value is -0.120. The smallest absolute Gasteiger partial charge is 0.0587 e. The second-order valence-corrected chi connectivity index (χ2v) is 3.78. The van der Waals surface area contributed by atoms with Crippen LogP contribution in [0.25, 0.3) is 0 Å². The summed E-state index contributed by atoms with van der Waals surface area (Å²) in [6.45, 7) is 1.83. The Balaban J connectivity index is 2.16. The fraction of sp³-hybridized carbons (Fsp3) is 1.00. The van der Waals surface area contributed by atoms with E-state index in [-0.39, 0.29) is 12.6 Å². The summed E-state index contributed by atoms with van der Waals surface area (Å²) in [5.74, 6) is 0.682. The summed E-state index contributed by atoms with van der Waals surface area (Å²) in [7, 11) is 1.70. The first-order valence-corrected chi connectivity index (χ1v) is 5.21. The predicted octanol–water partition coefficient (Wildman–Crippen LogP) is 0.773. The molecule has 3 heteroatoms. The largest absolute Gasteiger partial charge is 0.395 e. The number of rotatable bonds is 6. The van der Waals surface area contributed by atoms with Crippen molar-refractivity contribution in [1.29, 1.82) is 0 Å². The molecule has 0 spiro atoms. The second kappa shape index (κ2) is 6.35. The number of hydrogen-bond donors (Lipinski definition) is 2. The van der Waals surface area contributed by atoms with Gasteiger partial charge in [0.2, 0.25) is 0 Å². The number of methoxy groups -OCH3 is 1. The molecule has 78 valence electrons. The van der Waals surface area contributed by atoms with Crippen LogP contribution >= 0.6 is 0 Å². The first kappa shape index (κ1) is 11.0. The van der Waals surface area contributed by atoms with Crippen molar-refractivity contribution in [2.45, 2.75) is 31.7 Å². The van der Waals surface area contributed by atoms with Gasteiger partial charge >= 0.3 is 0 Å². The number of nitrogens with one attached hydrogen (secondary N) is 1. The van der Waals surface area contributed by atoms with Gasteiger partial charge in [0.15, 0.2) is 0 Å². The highest BCUT2D eigenvalue weighted by Crippen LogP contribution is 2.27. The van der Waals surface area contributed by atoms with Crippen LogP contribution in [0.5, 0.6) is 0 Å². The summed E-state index contributed by atoms with van der Waals surface area (Å²) in [5.41, 5.74) is 0. The first-order chi connectivity index (χ1) is 6.38. The standard InChI is InChI=1S/C10H21NO2/c1-13-7-6-11-10(8-12)9-4-2-3-5-9/h9-12H,2-8H2,1H3. The summed E-state index contributed by atoms with van der Waals surface area (Å²) in [5, 5.41) is 12.5. The molecule has 2 N–H and O–H groups in total. The Labute approximate surface area is 80.5 Å². The van der Waals surface area contributed by atoms with E-state index in [0.717, 1.165) is 13.2 Å². The number of ether oxygens (including phenoxy) is 1. The van der Waals surface area contributed by atoms with E-state index in [9.17, 15) is 5.11 Å². The van der Waals surface area contributed by atoms with Crippen LogP contribution in [-0.4, -0.2) is 38.0 Å². The highest BCUT2D eigenvalue weighted by atomic mass is 16.5. The third kappa shape index (κ3) is 3.63. The fourth-order valence-corrected chi connectivity index (χ4v) is 2.09. The van der Waals surface area contributed by atoms with Crippen molar-refractivity contribution in [3.63, 3.8) is 0 Å². The zero-order chi connectivity index (χ0) is 9.52. The molecule has 1 aliphatic rings. The molecule has 1 fully saturated rings. The molecule has 0 amide bonds. The molecule has 1 rings (SSSR count). The molecular weight excluding hydrogens is 166 g/mol. The molecular formula is C10H21NO2. The minimum absolute atomic E-state index is 0.258. The van der Waals surface area contributed by atoms with Crippen LogP contribution in [0.3, 0.4) is 0 Å². The van der Waals surface area contributed by atoms with Gasteiger partial charge in [0, 0.05) is 19.7 Å². The quantitative estimate of drug-likeness (QED) is 0.604. The average Bonchev–Trinajstić information content (AvgIpc) is 2.65. The van der Waals surface area contributed by atoms with Crippen LogP contribution in [-0.2, 0) is 4.74 Å². The van der Waals surface area contributed by atoms with Crippen molar-refractivity contribution in [1.82, 2.24) is 5.32 Å². The van der Waals surface area contributed by atoms with Gasteiger partial charge in [0.05, 0.1) is 13.2 Å². The zero-order valence-electron chi connectivity index (χ0n) is 8.46. The molecule has 1 unspecified atom stereocenters. The summed E-state index contributed by atoms with van der Waals surface area (Å²) < 4.78 is 4.96. The third-order valence-corrected chi connectivity index (χ3v) is 2.88. The summed E-state index contributed by atoms with van der Waals surface area (Å²) in [4.78, 5) is 0. The van der Waals surface area contributed by atoms with Gasteiger partial charge in [-0.1, -0.05) is 12.8 Å². The Morgan fingerprint density at radius 2 is 2.15 bits per heavy atom. The van der Waals surface area contributed by atoms with Gasteiger partial charge in [-0.05, 0) is 18.8 Å². The Kier molecular flexibility index (Phi) is 5.35. The van der Waals surface area contributed by atoms with Crippen molar-refractivity contribution in [3.05, 3.63) is 0 Å². The van der Waals surface area contributed by atoms with Crippen molar-refractivity contribution in [2.24, 2.45) is 5.92 Å². The van der Waals surface area contributed by atoms with Gasteiger partial charge in [0.1, 0.15) is 0 Å². The number of aliphatic hydroxyl groups is 1. The van der Waals surface area contributed by atoms with Crippen LogP contribution in [0.2, 0.25) is 0 Å². The van der Waals surface area contributed by atoms with E-state index < -0.39 is 0 Å². The van der Waals surface area contributed by atoms with Gasteiger partial charge in [-0.25, -0.2) is 0 Å². The molecule has 0 saturated heterocycles. The van der Waals surface area contributed by atoms with Gasteiger partial charge in [-0.2, -0.15) is 0 Å². The first-order valence-electron chi connectivity index (χ1n) is 5.21. The van der Waals surface area contributed by atoms with Crippen molar-refractivity contribution in [2.75, 3.05) is 26.9 Å². The summed E-state index contributed by atoms with van der Waals surface area (Å²) >= 11 is 0. The lowest BCUT2D eigenvalue weighted by Gasteiger charge is -2.22. The molecule has 0 radical (unpaired) electrons. The number of hydrogen-bond acceptors (Lipinski definition) is 3. The van der Waals surface area contributed by atoms with E-state index in [1.165, 1.54) is 25.7 Å². The number of aliphatic hydroxyl groups excluding tert-OH is 1. The van der Waals surface area contributed by atoms with Gasteiger partial charge in [-0.15, -0.1) is 0 Å². The third-order valence-electron chi connectivity index (χ3n) is 2.88. The molecule has 13 heavy (non-hydrogen) atoms. The Morgan fingerprint density at radius 1 is 1.46 bits per heavy atom. The van der Waals surface area contributed by atoms with Crippen molar-refractivity contribution in [3.8, 4) is 0 Å². The van der Waals surface area contributed by atoms with E-state index >= 15 is 0 Å². The van der Waals surface area contributed by atoms with E-state index in [4.69, 9.17) is 4.74 Å². The van der Waals surface area contributed by atoms with Crippen molar-refractivity contribution >= 4 is 0 Å². The predicted molar refractivity (Wildman–Crippen MR) is 52.7 cm³/mol. The van der Waals surface area contributed by atoms with Crippen LogP contribution in [0.4, 0.5) is 0 Å². The molecule has 0 aromatic carbocycles. The van der Waals surface area contributed by atoms with Crippen LogP contribution in [0, 0.1) is 5.92 Å². The van der Waals surface area contributed by atoms with Gasteiger partial charge in [-0.3, -0.25) is 0 Å². The van der Waals surface area contributed by atoms with Crippen LogP contribution in [0.1, 0.15) is 25.7 Å². The molecule has 1 aliphatic carbocycles.